The van der Waals surface area contributed by atoms with E-state index in [0.717, 1.165) is 41.9 Å². The Labute approximate surface area is 153 Å². The lowest BCUT2D eigenvalue weighted by Gasteiger charge is -2.36. The predicted octanol–water partition coefficient (Wildman–Crippen LogP) is 4.08. The van der Waals surface area contributed by atoms with Crippen LogP contribution in [0.1, 0.15) is 5.56 Å². The van der Waals surface area contributed by atoms with Crippen LogP contribution in [0.3, 0.4) is 0 Å². The van der Waals surface area contributed by atoms with Gasteiger partial charge in [0.05, 0.1) is 5.69 Å². The van der Waals surface area contributed by atoms with Crippen molar-refractivity contribution >= 4 is 21.6 Å². The van der Waals surface area contributed by atoms with E-state index < -0.39 is 6.61 Å². The second-order valence-corrected chi connectivity index (χ2v) is 6.80. The molecule has 4 nitrogen and oxygen atoms in total. The van der Waals surface area contributed by atoms with Crippen molar-refractivity contribution in [3.05, 3.63) is 52.5 Å². The molecule has 3 rings (SSSR count). The van der Waals surface area contributed by atoms with Crippen molar-refractivity contribution in [1.82, 2.24) is 4.90 Å². The minimum atomic E-state index is -2.84. The highest BCUT2D eigenvalue weighted by Crippen LogP contribution is 2.29. The Balaban J connectivity index is 1.64. The van der Waals surface area contributed by atoms with Crippen LogP contribution >= 0.6 is 15.9 Å². The number of aromatic hydroxyl groups is 1. The minimum absolute atomic E-state index is 0.210. The van der Waals surface area contributed by atoms with E-state index in [0.29, 0.717) is 6.54 Å². The summed E-state index contributed by atoms with van der Waals surface area (Å²) in [4.78, 5) is 4.32. The van der Waals surface area contributed by atoms with Gasteiger partial charge in [0, 0.05) is 42.8 Å². The van der Waals surface area contributed by atoms with Crippen LogP contribution in [-0.4, -0.2) is 42.8 Å². The maximum atomic E-state index is 12.6. The molecule has 0 radical (unpaired) electrons. The van der Waals surface area contributed by atoms with Crippen LogP contribution in [0.15, 0.2) is 46.9 Å². The molecule has 0 unspecified atom stereocenters. The third-order valence-corrected chi connectivity index (χ3v) is 4.72. The van der Waals surface area contributed by atoms with E-state index in [-0.39, 0.29) is 11.5 Å². The van der Waals surface area contributed by atoms with Gasteiger partial charge >= 0.3 is 6.61 Å². The number of ether oxygens (including phenoxy) is 1. The number of piperazine rings is 1. The number of phenols is 1. The van der Waals surface area contributed by atoms with Crippen molar-refractivity contribution in [3.63, 3.8) is 0 Å². The van der Waals surface area contributed by atoms with Crippen molar-refractivity contribution in [1.29, 1.82) is 0 Å². The first kappa shape index (κ1) is 17.9. The number of para-hydroxylation sites is 2. The molecule has 134 valence electrons. The van der Waals surface area contributed by atoms with E-state index in [2.05, 4.69) is 30.5 Å². The Morgan fingerprint density at radius 2 is 1.80 bits per heavy atom. The molecule has 0 bridgehead atoms. The van der Waals surface area contributed by atoms with Gasteiger partial charge < -0.3 is 14.7 Å². The Kier molecular flexibility index (Phi) is 5.75. The summed E-state index contributed by atoms with van der Waals surface area (Å²) in [6.07, 6.45) is 0. The van der Waals surface area contributed by atoms with E-state index in [4.69, 9.17) is 0 Å². The lowest BCUT2D eigenvalue weighted by Crippen LogP contribution is -2.46. The molecule has 0 saturated carbocycles. The third kappa shape index (κ3) is 4.61. The van der Waals surface area contributed by atoms with Crippen LogP contribution in [0.2, 0.25) is 0 Å². The largest absolute Gasteiger partial charge is 0.506 e. The molecule has 2 aromatic rings. The van der Waals surface area contributed by atoms with Gasteiger partial charge in [-0.25, -0.2) is 0 Å². The van der Waals surface area contributed by atoms with E-state index in [1.54, 1.807) is 24.3 Å². The molecule has 0 aromatic heterocycles. The zero-order chi connectivity index (χ0) is 17.8. The maximum Gasteiger partial charge on any atom is 0.387 e. The number of hydrogen-bond donors (Lipinski definition) is 1. The number of benzene rings is 2. The summed E-state index contributed by atoms with van der Waals surface area (Å²) in [6.45, 7) is 0.769. The Morgan fingerprint density at radius 3 is 2.48 bits per heavy atom. The van der Waals surface area contributed by atoms with Crippen molar-refractivity contribution in [3.8, 4) is 11.5 Å². The van der Waals surface area contributed by atoms with Crippen LogP contribution in [0.5, 0.6) is 11.5 Å². The van der Waals surface area contributed by atoms with Crippen LogP contribution in [-0.2, 0) is 6.54 Å². The molecule has 7 heteroatoms. The fourth-order valence-electron chi connectivity index (χ4n) is 3.00. The minimum Gasteiger partial charge on any atom is -0.506 e. The first-order chi connectivity index (χ1) is 12.0. The second kappa shape index (κ2) is 8.01. The summed E-state index contributed by atoms with van der Waals surface area (Å²) >= 11 is 3.38. The summed E-state index contributed by atoms with van der Waals surface area (Å²) in [7, 11) is 0. The fourth-order valence-corrected chi connectivity index (χ4v) is 3.41. The van der Waals surface area contributed by atoms with Crippen molar-refractivity contribution in [2.75, 3.05) is 31.1 Å². The van der Waals surface area contributed by atoms with Crippen molar-refractivity contribution in [2.24, 2.45) is 0 Å². The average Bonchev–Trinajstić information content (AvgIpc) is 2.58. The van der Waals surface area contributed by atoms with E-state index in [1.807, 2.05) is 18.2 Å². The van der Waals surface area contributed by atoms with Crippen LogP contribution in [0.4, 0.5) is 14.5 Å². The first-order valence-corrected chi connectivity index (χ1v) is 8.81. The maximum absolute atomic E-state index is 12.6. The van der Waals surface area contributed by atoms with E-state index in [1.165, 1.54) is 0 Å². The topological polar surface area (TPSA) is 35.9 Å². The Bertz CT molecular complexity index is 722. The molecule has 0 atom stereocenters. The number of anilines is 1. The smallest absolute Gasteiger partial charge is 0.387 e. The Morgan fingerprint density at radius 1 is 1.08 bits per heavy atom. The van der Waals surface area contributed by atoms with Gasteiger partial charge in [-0.15, -0.1) is 0 Å². The van der Waals surface area contributed by atoms with Crippen molar-refractivity contribution in [2.45, 2.75) is 13.2 Å². The normalized spacial score (nSPS) is 15.6. The van der Waals surface area contributed by atoms with Crippen LogP contribution < -0.4 is 9.64 Å². The van der Waals surface area contributed by atoms with Gasteiger partial charge in [0.15, 0.2) is 0 Å². The molecular weight excluding hydrogens is 394 g/mol. The highest BCUT2D eigenvalue weighted by atomic mass is 79.9. The highest BCUT2D eigenvalue weighted by molar-refractivity contribution is 9.10. The molecule has 0 spiro atoms. The average molecular weight is 413 g/mol. The van der Waals surface area contributed by atoms with Gasteiger partial charge in [-0.2, -0.15) is 8.78 Å². The SMILES string of the molecule is Oc1ccccc1N1CCN(Cc2cc(Br)ccc2OC(F)F)CC1. The monoisotopic (exact) mass is 412 g/mol. The molecule has 2 aromatic carbocycles. The van der Waals surface area contributed by atoms with E-state index in [9.17, 15) is 13.9 Å². The standard InChI is InChI=1S/C18H19BrF2N2O2/c19-14-5-6-17(25-18(20)21)13(11-14)12-22-7-9-23(10-8-22)15-3-1-2-4-16(15)24/h1-6,11,18,24H,7-10,12H2. The predicted molar refractivity (Wildman–Crippen MR) is 96.4 cm³/mol. The summed E-state index contributed by atoms with van der Waals surface area (Å²) in [6, 6.07) is 12.3. The number of alkyl halides is 2. The fraction of sp³-hybridized carbons (Fsp3) is 0.333. The van der Waals surface area contributed by atoms with Gasteiger partial charge in [0.1, 0.15) is 11.5 Å². The molecule has 0 aliphatic carbocycles. The highest BCUT2D eigenvalue weighted by Gasteiger charge is 2.20. The molecule has 0 amide bonds. The quantitative estimate of drug-likeness (QED) is 0.802. The van der Waals surface area contributed by atoms with Gasteiger partial charge in [-0.1, -0.05) is 28.1 Å². The second-order valence-electron chi connectivity index (χ2n) is 5.88. The third-order valence-electron chi connectivity index (χ3n) is 4.23. The van der Waals surface area contributed by atoms with Crippen molar-refractivity contribution < 1.29 is 18.6 Å². The summed E-state index contributed by atoms with van der Waals surface area (Å²) in [5.74, 6) is 0.483. The van der Waals surface area contributed by atoms with Gasteiger partial charge in [-0.3, -0.25) is 4.90 Å². The summed E-state index contributed by atoms with van der Waals surface area (Å²) in [5, 5.41) is 9.97. The number of hydrogen-bond acceptors (Lipinski definition) is 4. The molecule has 1 N–H and O–H groups in total. The first-order valence-electron chi connectivity index (χ1n) is 8.01. The number of nitrogens with zero attached hydrogens (tertiary/aromatic N) is 2. The van der Waals surface area contributed by atoms with Crippen LogP contribution in [0, 0.1) is 0 Å². The summed E-state index contributed by atoms with van der Waals surface area (Å²) in [5.41, 5.74) is 1.55. The van der Waals surface area contributed by atoms with Gasteiger partial charge in [-0.05, 0) is 30.3 Å². The van der Waals surface area contributed by atoms with E-state index >= 15 is 0 Å². The lowest BCUT2D eigenvalue weighted by molar-refractivity contribution is -0.0508. The molecule has 25 heavy (non-hydrogen) atoms. The number of phenolic OH excluding ortho intramolecular Hbond substituents is 1. The molecule has 1 heterocycles. The zero-order valence-electron chi connectivity index (χ0n) is 13.5. The zero-order valence-corrected chi connectivity index (χ0v) is 15.1. The molecule has 1 aliphatic heterocycles. The van der Waals surface area contributed by atoms with Gasteiger partial charge in [0.2, 0.25) is 0 Å². The molecule has 1 fully saturated rings. The number of rotatable bonds is 5. The molecular formula is C18H19BrF2N2O2. The number of halogens is 3. The summed E-state index contributed by atoms with van der Waals surface area (Å²) < 4.78 is 30.6. The Hall–Kier alpha value is -1.86. The lowest BCUT2D eigenvalue weighted by atomic mass is 10.1. The van der Waals surface area contributed by atoms with Crippen LogP contribution in [0.25, 0.3) is 0 Å². The molecule has 1 aliphatic rings. The van der Waals surface area contributed by atoms with Gasteiger partial charge in [0.25, 0.3) is 0 Å². The molecule has 1 saturated heterocycles.